The number of nitrogens with one attached hydrogen (secondary N) is 3. The maximum absolute atomic E-state index is 12.0. The highest BCUT2D eigenvalue weighted by molar-refractivity contribution is 6.42. The predicted octanol–water partition coefficient (Wildman–Crippen LogP) is 1.68. The minimum atomic E-state index is -0.380. The van der Waals surface area contributed by atoms with E-state index in [0.717, 1.165) is 12.1 Å². The van der Waals surface area contributed by atoms with Gasteiger partial charge in [-0.25, -0.2) is 0 Å². The van der Waals surface area contributed by atoms with E-state index in [0.29, 0.717) is 22.2 Å². The van der Waals surface area contributed by atoms with Crippen LogP contribution < -0.4 is 15.5 Å². The lowest BCUT2D eigenvalue weighted by molar-refractivity contribution is -0.872. The Hall–Kier alpha value is -2.08. The molecular formula is C19H22Cl2N3O2+. The summed E-state index contributed by atoms with van der Waals surface area (Å²) >= 11 is 11.7. The standard InChI is InChI=1S/C19H21Cl2N3O2/c1-24(2)12-14-5-3-13(4-6-14)10-22-18(25)11-23-19(26)15-7-8-16(20)17(21)9-15/h3-9H,10-12H2,1-2H3,(H,22,25)(H,23,26)/p+1. The average Bonchev–Trinajstić information content (AvgIpc) is 2.61. The van der Waals surface area contributed by atoms with Crippen molar-refractivity contribution in [2.75, 3.05) is 20.6 Å². The van der Waals surface area contributed by atoms with E-state index in [2.05, 4.69) is 36.9 Å². The summed E-state index contributed by atoms with van der Waals surface area (Å²) in [6.45, 7) is 1.26. The summed E-state index contributed by atoms with van der Waals surface area (Å²) in [6, 6.07) is 12.7. The number of halogens is 2. The molecule has 0 heterocycles. The van der Waals surface area contributed by atoms with E-state index in [1.54, 1.807) is 12.1 Å². The molecule has 0 unspecified atom stereocenters. The Kier molecular flexibility index (Phi) is 7.45. The second kappa shape index (κ2) is 9.57. The van der Waals surface area contributed by atoms with Crippen molar-refractivity contribution in [3.05, 3.63) is 69.2 Å². The molecule has 2 amide bonds. The van der Waals surface area contributed by atoms with Gasteiger partial charge in [0.05, 0.1) is 30.7 Å². The van der Waals surface area contributed by atoms with Gasteiger partial charge in [-0.2, -0.15) is 0 Å². The number of rotatable bonds is 7. The summed E-state index contributed by atoms with van der Waals surface area (Å²) < 4.78 is 0. The number of carbonyl (C=O) groups is 2. The summed E-state index contributed by atoms with van der Waals surface area (Å²) in [5.41, 5.74) is 2.60. The Morgan fingerprint density at radius 3 is 2.19 bits per heavy atom. The van der Waals surface area contributed by atoms with Gasteiger partial charge < -0.3 is 15.5 Å². The minimum Gasteiger partial charge on any atom is -0.350 e. The number of hydrogen-bond donors (Lipinski definition) is 3. The molecule has 0 saturated carbocycles. The highest BCUT2D eigenvalue weighted by atomic mass is 35.5. The van der Waals surface area contributed by atoms with Crippen molar-refractivity contribution >= 4 is 35.0 Å². The number of quaternary nitrogens is 1. The average molecular weight is 395 g/mol. The fourth-order valence-electron chi connectivity index (χ4n) is 2.35. The minimum absolute atomic E-state index is 0.110. The normalized spacial score (nSPS) is 10.7. The van der Waals surface area contributed by atoms with Crippen molar-refractivity contribution in [2.24, 2.45) is 0 Å². The van der Waals surface area contributed by atoms with Gasteiger partial charge >= 0.3 is 0 Å². The summed E-state index contributed by atoms with van der Waals surface area (Å²) in [6.07, 6.45) is 0. The van der Waals surface area contributed by atoms with Gasteiger partial charge in [-0.15, -0.1) is 0 Å². The molecule has 0 atom stereocenters. The molecule has 3 N–H and O–H groups in total. The number of benzene rings is 2. The van der Waals surface area contributed by atoms with E-state index in [1.165, 1.54) is 16.5 Å². The Morgan fingerprint density at radius 1 is 0.923 bits per heavy atom. The third kappa shape index (κ3) is 6.33. The zero-order chi connectivity index (χ0) is 19.1. The van der Waals surface area contributed by atoms with Gasteiger partial charge in [-0.1, -0.05) is 47.5 Å². The van der Waals surface area contributed by atoms with Gasteiger partial charge in [0.15, 0.2) is 0 Å². The van der Waals surface area contributed by atoms with Crippen molar-refractivity contribution in [3.8, 4) is 0 Å². The molecule has 138 valence electrons. The summed E-state index contributed by atoms with van der Waals surface area (Å²) in [5.74, 6) is -0.644. The van der Waals surface area contributed by atoms with Crippen LogP contribution in [-0.2, 0) is 17.9 Å². The lowest BCUT2D eigenvalue weighted by Gasteiger charge is -2.09. The third-order valence-electron chi connectivity index (χ3n) is 3.66. The monoisotopic (exact) mass is 394 g/mol. The highest BCUT2D eigenvalue weighted by Gasteiger charge is 2.10. The van der Waals surface area contributed by atoms with Gasteiger partial charge in [-0.3, -0.25) is 9.59 Å². The molecule has 0 aliphatic carbocycles. The molecule has 2 aromatic rings. The topological polar surface area (TPSA) is 62.6 Å². The molecule has 0 spiro atoms. The highest BCUT2D eigenvalue weighted by Crippen LogP contribution is 2.22. The maximum Gasteiger partial charge on any atom is 0.251 e. The lowest BCUT2D eigenvalue weighted by atomic mass is 10.1. The molecule has 26 heavy (non-hydrogen) atoms. The van der Waals surface area contributed by atoms with Gasteiger partial charge in [0.1, 0.15) is 6.54 Å². The van der Waals surface area contributed by atoms with Crippen LogP contribution >= 0.6 is 23.2 Å². The number of hydrogen-bond acceptors (Lipinski definition) is 2. The van der Waals surface area contributed by atoms with Crippen LogP contribution in [0.4, 0.5) is 0 Å². The maximum atomic E-state index is 12.0. The fourth-order valence-corrected chi connectivity index (χ4v) is 2.64. The second-order valence-electron chi connectivity index (χ2n) is 6.29. The summed E-state index contributed by atoms with van der Waals surface area (Å²) in [7, 11) is 4.20. The van der Waals surface area contributed by atoms with Crippen LogP contribution in [0.5, 0.6) is 0 Å². The summed E-state index contributed by atoms with van der Waals surface area (Å²) in [4.78, 5) is 25.3. The molecule has 0 fully saturated rings. The lowest BCUT2D eigenvalue weighted by Crippen LogP contribution is -3.04. The van der Waals surface area contributed by atoms with Gasteiger partial charge in [0, 0.05) is 17.7 Å². The Balaban J connectivity index is 1.78. The van der Waals surface area contributed by atoms with E-state index in [-0.39, 0.29) is 18.4 Å². The van der Waals surface area contributed by atoms with Gasteiger partial charge in [-0.05, 0) is 23.8 Å². The molecule has 5 nitrogen and oxygen atoms in total. The van der Waals surface area contributed by atoms with Crippen LogP contribution in [0.3, 0.4) is 0 Å². The van der Waals surface area contributed by atoms with E-state index in [1.807, 2.05) is 12.1 Å². The quantitative estimate of drug-likeness (QED) is 0.668. The van der Waals surface area contributed by atoms with Crippen LogP contribution in [0.25, 0.3) is 0 Å². The first-order chi connectivity index (χ1) is 12.3. The van der Waals surface area contributed by atoms with Crippen LogP contribution in [0.2, 0.25) is 10.0 Å². The molecule has 2 aromatic carbocycles. The van der Waals surface area contributed by atoms with Crippen molar-refractivity contribution in [3.63, 3.8) is 0 Å². The van der Waals surface area contributed by atoms with Crippen LogP contribution in [0.15, 0.2) is 42.5 Å². The molecular weight excluding hydrogens is 373 g/mol. The van der Waals surface area contributed by atoms with Crippen molar-refractivity contribution in [1.82, 2.24) is 10.6 Å². The zero-order valence-electron chi connectivity index (χ0n) is 14.7. The van der Waals surface area contributed by atoms with E-state index in [4.69, 9.17) is 23.2 Å². The second-order valence-corrected chi connectivity index (χ2v) is 7.10. The van der Waals surface area contributed by atoms with Crippen LogP contribution in [-0.4, -0.2) is 32.5 Å². The molecule has 0 aliphatic rings. The first-order valence-corrected chi connectivity index (χ1v) is 8.97. The smallest absolute Gasteiger partial charge is 0.251 e. The number of amides is 2. The van der Waals surface area contributed by atoms with E-state index >= 15 is 0 Å². The third-order valence-corrected chi connectivity index (χ3v) is 4.40. The molecule has 0 aliphatic heterocycles. The Labute approximate surface area is 163 Å². The zero-order valence-corrected chi connectivity index (χ0v) is 16.2. The van der Waals surface area contributed by atoms with Crippen molar-refractivity contribution in [1.29, 1.82) is 0 Å². The van der Waals surface area contributed by atoms with Crippen LogP contribution in [0, 0.1) is 0 Å². The van der Waals surface area contributed by atoms with E-state index < -0.39 is 0 Å². The molecule has 0 radical (unpaired) electrons. The van der Waals surface area contributed by atoms with Gasteiger partial charge in [0.25, 0.3) is 5.91 Å². The SMILES string of the molecule is C[NH+](C)Cc1ccc(CNC(=O)CNC(=O)c2ccc(Cl)c(Cl)c2)cc1. The summed E-state index contributed by atoms with van der Waals surface area (Å²) in [5, 5.41) is 6.01. The van der Waals surface area contributed by atoms with Crippen LogP contribution in [0.1, 0.15) is 21.5 Å². The first-order valence-electron chi connectivity index (χ1n) is 8.22. The molecule has 0 bridgehead atoms. The first kappa shape index (κ1) is 20.2. The molecule has 0 aromatic heterocycles. The Bertz CT molecular complexity index is 777. The largest absolute Gasteiger partial charge is 0.350 e. The molecule has 2 rings (SSSR count). The van der Waals surface area contributed by atoms with Crippen molar-refractivity contribution < 1.29 is 14.5 Å². The number of carbonyl (C=O) groups excluding carboxylic acids is 2. The molecule has 7 heteroatoms. The fraction of sp³-hybridized carbons (Fsp3) is 0.263. The Morgan fingerprint density at radius 2 is 1.58 bits per heavy atom. The molecule has 0 saturated heterocycles. The van der Waals surface area contributed by atoms with Gasteiger partial charge in [0.2, 0.25) is 5.91 Å². The predicted molar refractivity (Wildman–Crippen MR) is 104 cm³/mol. The van der Waals surface area contributed by atoms with E-state index in [9.17, 15) is 9.59 Å². The van der Waals surface area contributed by atoms with Crippen molar-refractivity contribution in [2.45, 2.75) is 13.1 Å².